The molecule has 0 unspecified atom stereocenters. The highest BCUT2D eigenvalue weighted by Gasteiger charge is 2.24. The third-order valence-electron chi connectivity index (χ3n) is 6.45. The van der Waals surface area contributed by atoms with Gasteiger partial charge >= 0.3 is 0 Å². The number of aromatic nitrogens is 3. The lowest BCUT2D eigenvalue weighted by molar-refractivity contribution is 0.0843. The first kappa shape index (κ1) is 22.7. The van der Waals surface area contributed by atoms with Gasteiger partial charge in [0, 0.05) is 23.0 Å². The molecule has 0 bridgehead atoms. The fourth-order valence-electron chi connectivity index (χ4n) is 4.80. The number of carbonyl (C=O) groups is 2. The third-order valence-corrected chi connectivity index (χ3v) is 6.45. The molecular formula is C27H27N5O3. The van der Waals surface area contributed by atoms with Crippen LogP contribution in [0.25, 0.3) is 21.7 Å². The Hall–Kier alpha value is -4.07. The fourth-order valence-corrected chi connectivity index (χ4v) is 4.80. The molecule has 178 valence electrons. The van der Waals surface area contributed by atoms with Crippen molar-refractivity contribution in [2.45, 2.75) is 52.5 Å². The number of carbonyl (C=O) groups excluding carboxylic acids is 2. The van der Waals surface area contributed by atoms with E-state index in [0.717, 1.165) is 53.4 Å². The van der Waals surface area contributed by atoms with Crippen LogP contribution in [0, 0.1) is 6.92 Å². The molecule has 1 aliphatic rings. The standard InChI is InChI=1S/C27H27N5O3/c1-3-14-32-27(35)18-9-5-4-8-17(18)24(31-32)26(34)30-29-25(33)23-19-10-6-7-11-21(19)28-22-13-12-16(2)15-20(22)23/h4-5,8-9,12-13,15H,3,6-7,10-11,14H2,1-2H3,(H,29,33)(H,30,34). The molecule has 0 saturated heterocycles. The summed E-state index contributed by atoms with van der Waals surface area (Å²) in [5, 5.41) is 5.94. The average Bonchev–Trinajstić information content (AvgIpc) is 2.87. The van der Waals surface area contributed by atoms with Crippen molar-refractivity contribution in [1.82, 2.24) is 25.6 Å². The lowest BCUT2D eigenvalue weighted by atomic mass is 9.89. The van der Waals surface area contributed by atoms with E-state index in [1.54, 1.807) is 24.3 Å². The molecule has 2 amide bonds. The van der Waals surface area contributed by atoms with E-state index in [-0.39, 0.29) is 17.2 Å². The fraction of sp³-hybridized carbons (Fsp3) is 0.296. The second-order valence-electron chi connectivity index (χ2n) is 8.97. The van der Waals surface area contributed by atoms with Gasteiger partial charge in [0.1, 0.15) is 0 Å². The van der Waals surface area contributed by atoms with Gasteiger partial charge in [-0.2, -0.15) is 5.10 Å². The maximum atomic E-state index is 13.4. The van der Waals surface area contributed by atoms with Crippen molar-refractivity contribution >= 4 is 33.5 Å². The van der Waals surface area contributed by atoms with Crippen LogP contribution in [0.5, 0.6) is 0 Å². The minimum Gasteiger partial charge on any atom is -0.267 e. The van der Waals surface area contributed by atoms with Crippen LogP contribution in [-0.4, -0.2) is 26.6 Å². The zero-order chi connectivity index (χ0) is 24.5. The predicted octanol–water partition coefficient (Wildman–Crippen LogP) is 3.62. The van der Waals surface area contributed by atoms with Gasteiger partial charge in [0.2, 0.25) is 0 Å². The monoisotopic (exact) mass is 469 g/mol. The number of nitrogens with one attached hydrogen (secondary N) is 2. The lowest BCUT2D eigenvalue weighted by Crippen LogP contribution is -2.43. The summed E-state index contributed by atoms with van der Waals surface area (Å²) in [4.78, 5) is 44.1. The molecule has 8 nitrogen and oxygen atoms in total. The summed E-state index contributed by atoms with van der Waals surface area (Å²) in [6.07, 6.45) is 4.34. The first-order chi connectivity index (χ1) is 17.0. The molecule has 35 heavy (non-hydrogen) atoms. The second-order valence-corrected chi connectivity index (χ2v) is 8.97. The normalized spacial score (nSPS) is 13.0. The van der Waals surface area contributed by atoms with E-state index in [9.17, 15) is 14.4 Å². The number of hydrazine groups is 1. The van der Waals surface area contributed by atoms with Crippen LogP contribution < -0.4 is 16.4 Å². The Morgan fingerprint density at radius 3 is 2.51 bits per heavy atom. The summed E-state index contributed by atoms with van der Waals surface area (Å²) >= 11 is 0. The predicted molar refractivity (Wildman–Crippen MR) is 134 cm³/mol. The van der Waals surface area contributed by atoms with Gasteiger partial charge in [0.15, 0.2) is 5.69 Å². The number of pyridine rings is 1. The van der Waals surface area contributed by atoms with E-state index >= 15 is 0 Å². The molecule has 2 aromatic heterocycles. The van der Waals surface area contributed by atoms with Crippen molar-refractivity contribution in [2.75, 3.05) is 0 Å². The van der Waals surface area contributed by atoms with Crippen LogP contribution in [0.1, 0.15) is 63.9 Å². The number of rotatable bonds is 4. The summed E-state index contributed by atoms with van der Waals surface area (Å²) in [6.45, 7) is 4.31. The van der Waals surface area contributed by atoms with Gasteiger partial charge < -0.3 is 0 Å². The number of aryl methyl sites for hydroxylation is 3. The summed E-state index contributed by atoms with van der Waals surface area (Å²) in [5.41, 5.74) is 9.22. The number of nitrogens with zero attached hydrogens (tertiary/aromatic N) is 3. The summed E-state index contributed by atoms with van der Waals surface area (Å²) in [7, 11) is 0. The van der Waals surface area contributed by atoms with E-state index in [4.69, 9.17) is 4.98 Å². The SMILES string of the molecule is CCCn1nc(C(=O)NNC(=O)c2c3c(nc4ccc(C)cc24)CCCC3)c2ccccc2c1=O. The Morgan fingerprint density at radius 1 is 0.971 bits per heavy atom. The largest absolute Gasteiger partial charge is 0.290 e. The topological polar surface area (TPSA) is 106 Å². The maximum Gasteiger partial charge on any atom is 0.290 e. The van der Waals surface area contributed by atoms with Gasteiger partial charge in [-0.15, -0.1) is 0 Å². The van der Waals surface area contributed by atoms with Crippen LogP contribution in [0.15, 0.2) is 47.3 Å². The Balaban J connectivity index is 1.50. The van der Waals surface area contributed by atoms with E-state index in [1.165, 1.54) is 4.68 Å². The lowest BCUT2D eigenvalue weighted by Gasteiger charge is -2.20. The maximum absolute atomic E-state index is 13.4. The molecule has 0 fully saturated rings. The minimum atomic E-state index is -0.581. The molecule has 2 heterocycles. The molecule has 0 atom stereocenters. The number of amides is 2. The van der Waals surface area contributed by atoms with Gasteiger partial charge in [0.25, 0.3) is 17.4 Å². The first-order valence-electron chi connectivity index (χ1n) is 12.0. The van der Waals surface area contributed by atoms with Crippen LogP contribution in [-0.2, 0) is 19.4 Å². The summed E-state index contributed by atoms with van der Waals surface area (Å²) in [6, 6.07) is 12.7. The van der Waals surface area contributed by atoms with Crippen LogP contribution in [0.3, 0.4) is 0 Å². The number of fused-ring (bicyclic) bond motifs is 3. The zero-order valence-corrected chi connectivity index (χ0v) is 19.9. The Bertz CT molecular complexity index is 1540. The molecule has 0 aliphatic heterocycles. The van der Waals surface area contributed by atoms with Gasteiger partial charge in [-0.05, 0) is 62.8 Å². The molecule has 1 aliphatic carbocycles. The zero-order valence-electron chi connectivity index (χ0n) is 19.9. The second kappa shape index (κ2) is 9.29. The molecule has 5 rings (SSSR count). The first-order valence-corrected chi connectivity index (χ1v) is 12.0. The molecule has 8 heteroatoms. The van der Waals surface area contributed by atoms with Gasteiger partial charge in [-0.1, -0.05) is 36.8 Å². The number of hydrogen-bond acceptors (Lipinski definition) is 5. The van der Waals surface area contributed by atoms with E-state index in [0.29, 0.717) is 29.3 Å². The van der Waals surface area contributed by atoms with Crippen molar-refractivity contribution < 1.29 is 9.59 Å². The Labute approximate surface area is 202 Å². The average molecular weight is 470 g/mol. The smallest absolute Gasteiger partial charge is 0.267 e. The molecular weight excluding hydrogens is 442 g/mol. The Morgan fingerprint density at radius 2 is 1.71 bits per heavy atom. The minimum absolute atomic E-state index is 0.0893. The quantitative estimate of drug-likeness (QED) is 0.444. The molecule has 0 saturated carbocycles. The van der Waals surface area contributed by atoms with Crippen LogP contribution in [0.2, 0.25) is 0 Å². The Kier molecular flexibility index (Phi) is 6.03. The number of benzene rings is 2. The summed E-state index contributed by atoms with van der Waals surface area (Å²) < 4.78 is 1.30. The van der Waals surface area contributed by atoms with Gasteiger partial charge in [0.05, 0.1) is 16.5 Å². The molecule has 0 spiro atoms. The highest BCUT2D eigenvalue weighted by Crippen LogP contribution is 2.29. The molecule has 4 aromatic rings. The van der Waals surface area contributed by atoms with E-state index in [1.807, 2.05) is 32.0 Å². The highest BCUT2D eigenvalue weighted by molar-refractivity contribution is 6.10. The van der Waals surface area contributed by atoms with Crippen molar-refractivity contribution in [3.05, 3.63) is 80.9 Å². The molecule has 2 aromatic carbocycles. The van der Waals surface area contributed by atoms with E-state index in [2.05, 4.69) is 16.0 Å². The van der Waals surface area contributed by atoms with Crippen LogP contribution >= 0.6 is 0 Å². The third kappa shape index (κ3) is 4.16. The number of hydrogen-bond donors (Lipinski definition) is 2. The van der Waals surface area contributed by atoms with Crippen LogP contribution in [0.4, 0.5) is 0 Å². The van der Waals surface area contributed by atoms with E-state index < -0.39 is 5.91 Å². The van der Waals surface area contributed by atoms with Gasteiger partial charge in [-0.3, -0.25) is 30.2 Å². The molecule has 0 radical (unpaired) electrons. The van der Waals surface area contributed by atoms with Crippen molar-refractivity contribution in [2.24, 2.45) is 0 Å². The van der Waals surface area contributed by atoms with Crippen molar-refractivity contribution in [3.63, 3.8) is 0 Å². The highest BCUT2D eigenvalue weighted by atomic mass is 16.2. The summed E-state index contributed by atoms with van der Waals surface area (Å²) in [5.74, 6) is -0.969. The van der Waals surface area contributed by atoms with Crippen molar-refractivity contribution in [3.8, 4) is 0 Å². The van der Waals surface area contributed by atoms with Crippen molar-refractivity contribution in [1.29, 1.82) is 0 Å². The molecule has 2 N–H and O–H groups in total. The van der Waals surface area contributed by atoms with Gasteiger partial charge in [-0.25, -0.2) is 4.68 Å².